The number of carbonyl (C=O) groups is 2. The van der Waals surface area contributed by atoms with Crippen LogP contribution in [0, 0.1) is 11.3 Å². The first-order valence-corrected chi connectivity index (χ1v) is 7.25. The van der Waals surface area contributed by atoms with Crippen LogP contribution in [0.2, 0.25) is 0 Å². The van der Waals surface area contributed by atoms with Gasteiger partial charge in [-0.3, -0.25) is 9.69 Å². The summed E-state index contributed by atoms with van der Waals surface area (Å²) in [6.45, 7) is 0. The number of rotatable bonds is 5. The molecule has 6 nitrogen and oxygen atoms in total. The van der Waals surface area contributed by atoms with E-state index >= 15 is 0 Å². The number of carboxylic acids is 1. The van der Waals surface area contributed by atoms with Gasteiger partial charge in [0.25, 0.3) is 5.91 Å². The van der Waals surface area contributed by atoms with Crippen molar-refractivity contribution in [1.82, 2.24) is 0 Å². The van der Waals surface area contributed by atoms with E-state index < -0.39 is 17.9 Å². The Bertz CT molecular complexity index is 760. The van der Waals surface area contributed by atoms with Crippen LogP contribution in [0.25, 0.3) is 0 Å². The quantitative estimate of drug-likeness (QED) is 0.810. The number of anilines is 1. The molecule has 0 aliphatic heterocycles. The van der Waals surface area contributed by atoms with Crippen LogP contribution in [0.3, 0.4) is 0 Å². The Labute approximate surface area is 140 Å². The van der Waals surface area contributed by atoms with Crippen LogP contribution in [0.5, 0.6) is 0 Å². The molecule has 2 rings (SSSR count). The highest BCUT2D eigenvalue weighted by molar-refractivity contribution is 9.10. The minimum absolute atomic E-state index is 0.285. The predicted octanol–water partition coefficient (Wildman–Crippen LogP) is 3.28. The minimum atomic E-state index is -1.25. The molecular formula is C16H11BrN2O4. The number of nitrogens with zero attached hydrogens (tertiary/aromatic N) is 2. The maximum Gasteiger partial charge on any atom is 0.328 e. The molecule has 1 aromatic heterocycles. The lowest BCUT2D eigenvalue weighted by atomic mass is 10.1. The highest BCUT2D eigenvalue weighted by atomic mass is 79.9. The highest BCUT2D eigenvalue weighted by Gasteiger charge is 2.27. The summed E-state index contributed by atoms with van der Waals surface area (Å²) in [5.74, 6) is -1.61. The molecule has 0 aliphatic carbocycles. The lowest BCUT2D eigenvalue weighted by Crippen LogP contribution is -2.33. The molecule has 116 valence electrons. The molecule has 1 heterocycles. The Hall–Kier alpha value is -2.85. The van der Waals surface area contributed by atoms with Gasteiger partial charge in [-0.25, -0.2) is 4.79 Å². The second-order valence-electron chi connectivity index (χ2n) is 4.40. The first-order chi connectivity index (χ1) is 11.0. The smallest absolute Gasteiger partial charge is 0.328 e. The van der Waals surface area contributed by atoms with Crippen molar-refractivity contribution in [2.75, 3.05) is 4.90 Å². The fourth-order valence-corrected chi connectivity index (χ4v) is 2.19. The zero-order chi connectivity index (χ0) is 16.8. The lowest BCUT2D eigenvalue weighted by molar-refractivity contribution is -0.131. The molecule has 1 atom stereocenters. The number of hydrogen-bond donors (Lipinski definition) is 1. The molecule has 1 unspecified atom stereocenters. The van der Waals surface area contributed by atoms with Crippen LogP contribution in [0.1, 0.15) is 11.8 Å². The minimum Gasteiger partial charge on any atom is -0.478 e. The number of furan rings is 1. The first kappa shape index (κ1) is 16.5. The van der Waals surface area contributed by atoms with Crippen LogP contribution >= 0.6 is 15.9 Å². The van der Waals surface area contributed by atoms with Crippen LogP contribution < -0.4 is 4.90 Å². The number of amides is 1. The fraction of sp³-hybridized carbons (Fsp3) is 0.0625. The Kier molecular flexibility index (Phi) is 5.33. The Morgan fingerprint density at radius 1 is 1.26 bits per heavy atom. The zero-order valence-corrected chi connectivity index (χ0v) is 13.3. The molecular weight excluding hydrogens is 364 g/mol. The van der Waals surface area contributed by atoms with Crippen molar-refractivity contribution in [3.63, 3.8) is 0 Å². The summed E-state index contributed by atoms with van der Waals surface area (Å²) in [6, 6.07) is 10.9. The van der Waals surface area contributed by atoms with Crippen molar-refractivity contribution in [2.45, 2.75) is 6.04 Å². The van der Waals surface area contributed by atoms with Gasteiger partial charge >= 0.3 is 5.97 Å². The summed E-state index contributed by atoms with van der Waals surface area (Å²) in [4.78, 5) is 24.2. The van der Waals surface area contributed by atoms with E-state index in [1.165, 1.54) is 11.2 Å². The van der Waals surface area contributed by atoms with Gasteiger partial charge in [-0.2, -0.15) is 5.26 Å². The summed E-state index contributed by atoms with van der Waals surface area (Å²) in [5, 5.41) is 18.1. The Morgan fingerprint density at radius 3 is 2.48 bits per heavy atom. The number of halogens is 1. The number of nitriles is 1. The molecule has 0 saturated heterocycles. The third-order valence-corrected chi connectivity index (χ3v) is 3.43. The average Bonchev–Trinajstić information content (AvgIpc) is 3.05. The number of benzene rings is 1. The van der Waals surface area contributed by atoms with E-state index in [1.807, 2.05) is 6.07 Å². The van der Waals surface area contributed by atoms with Crippen molar-refractivity contribution in [2.24, 2.45) is 0 Å². The summed E-state index contributed by atoms with van der Waals surface area (Å²) >= 11 is 3.30. The molecule has 0 saturated carbocycles. The third kappa shape index (κ3) is 4.08. The molecule has 1 amide bonds. The number of aliphatic carboxylic acids is 1. The largest absolute Gasteiger partial charge is 0.478 e. The van der Waals surface area contributed by atoms with Gasteiger partial charge in [-0.1, -0.05) is 15.9 Å². The van der Waals surface area contributed by atoms with E-state index in [4.69, 9.17) is 9.52 Å². The van der Waals surface area contributed by atoms with E-state index in [1.54, 1.807) is 36.4 Å². The topological polar surface area (TPSA) is 94.5 Å². The molecule has 7 heteroatoms. The molecule has 0 radical (unpaired) electrons. The Morgan fingerprint density at radius 2 is 1.96 bits per heavy atom. The number of hydrogen-bond acceptors (Lipinski definition) is 4. The monoisotopic (exact) mass is 374 g/mol. The summed E-state index contributed by atoms with van der Waals surface area (Å²) in [6.07, 6.45) is 3.03. The van der Waals surface area contributed by atoms with Crippen LogP contribution in [-0.2, 0) is 9.59 Å². The molecule has 0 bridgehead atoms. The summed E-state index contributed by atoms with van der Waals surface area (Å²) in [7, 11) is 0. The van der Waals surface area contributed by atoms with Gasteiger partial charge in [0.2, 0.25) is 0 Å². The van der Waals surface area contributed by atoms with Crippen LogP contribution in [-0.4, -0.2) is 17.0 Å². The van der Waals surface area contributed by atoms with Gasteiger partial charge in [0.15, 0.2) is 6.04 Å². The summed E-state index contributed by atoms with van der Waals surface area (Å²) in [5.41, 5.74) is 0.441. The van der Waals surface area contributed by atoms with Crippen molar-refractivity contribution in [3.8, 4) is 6.07 Å². The molecule has 1 N–H and O–H groups in total. The van der Waals surface area contributed by atoms with E-state index in [2.05, 4.69) is 15.9 Å². The first-order valence-electron chi connectivity index (χ1n) is 6.45. The van der Waals surface area contributed by atoms with E-state index in [0.29, 0.717) is 5.69 Å². The van der Waals surface area contributed by atoms with Gasteiger partial charge in [-0.15, -0.1) is 0 Å². The van der Waals surface area contributed by atoms with Gasteiger partial charge in [0.1, 0.15) is 5.76 Å². The maximum absolute atomic E-state index is 12.4. The molecule has 2 aromatic rings. The van der Waals surface area contributed by atoms with Crippen LogP contribution in [0.15, 0.2) is 63.7 Å². The number of carbonyl (C=O) groups excluding carboxylic acids is 1. The van der Waals surface area contributed by atoms with Crippen LogP contribution in [0.4, 0.5) is 5.69 Å². The molecule has 0 fully saturated rings. The van der Waals surface area contributed by atoms with Gasteiger partial charge in [-0.05, 0) is 36.4 Å². The summed E-state index contributed by atoms with van der Waals surface area (Å²) < 4.78 is 6.03. The van der Waals surface area contributed by atoms with Gasteiger partial charge in [0.05, 0.1) is 12.3 Å². The van der Waals surface area contributed by atoms with Gasteiger partial charge < -0.3 is 9.52 Å². The van der Waals surface area contributed by atoms with E-state index in [0.717, 1.165) is 16.6 Å². The third-order valence-electron chi connectivity index (χ3n) is 2.90. The molecule has 0 aliphatic rings. The van der Waals surface area contributed by atoms with Crippen molar-refractivity contribution in [1.29, 1.82) is 5.26 Å². The van der Waals surface area contributed by atoms with E-state index in [-0.39, 0.29) is 5.76 Å². The van der Waals surface area contributed by atoms with Gasteiger partial charge in [0, 0.05) is 22.3 Å². The normalized spacial score (nSPS) is 11.8. The highest BCUT2D eigenvalue weighted by Crippen LogP contribution is 2.28. The van der Waals surface area contributed by atoms with Crippen molar-refractivity contribution < 1.29 is 19.1 Å². The molecule has 0 spiro atoms. The molecule has 1 aromatic carbocycles. The van der Waals surface area contributed by atoms with Crippen molar-refractivity contribution >= 4 is 33.5 Å². The number of carboxylic acid groups (broad SMARTS) is 1. The molecule has 23 heavy (non-hydrogen) atoms. The van der Waals surface area contributed by atoms with E-state index in [9.17, 15) is 14.9 Å². The predicted molar refractivity (Wildman–Crippen MR) is 85.5 cm³/mol. The second kappa shape index (κ2) is 7.42. The zero-order valence-electron chi connectivity index (χ0n) is 11.7. The lowest BCUT2D eigenvalue weighted by Gasteiger charge is -2.25. The average molecular weight is 375 g/mol. The maximum atomic E-state index is 12.4. The van der Waals surface area contributed by atoms with Crippen molar-refractivity contribution in [3.05, 3.63) is 65.0 Å². The second-order valence-corrected chi connectivity index (χ2v) is 5.32. The fourth-order valence-electron chi connectivity index (χ4n) is 1.92. The Balaban J connectivity index is 2.46. The SMILES string of the molecule is N#CC(c1ccco1)N(C(=O)/C=C/C(=O)O)c1ccc(Br)cc1. The standard InChI is InChI=1S/C16H11BrN2O4/c17-11-3-5-12(6-4-11)19(15(20)7-8-16(21)22)13(10-18)14-2-1-9-23-14/h1-9,13H,(H,21,22)/b8-7+.